The molecule has 1 atom stereocenters. The highest BCUT2D eigenvalue weighted by Crippen LogP contribution is 2.39. The standard InChI is InChI=1S/C17H18F6N2O4/c1-29-14(26)9-2-3-10(17(21,22)23)11(8-9)24-12(13(18)19)16(20)4-6-25(7-5-16)15(27)28/h2-3,8,12-13,24H,4-7H2,1H3,(H,27,28). The van der Waals surface area contributed by atoms with Crippen LogP contribution in [-0.2, 0) is 10.9 Å². The van der Waals surface area contributed by atoms with Crippen LogP contribution in [0.4, 0.5) is 36.8 Å². The molecule has 1 aromatic rings. The Morgan fingerprint density at radius 2 is 1.83 bits per heavy atom. The number of nitrogens with one attached hydrogen (secondary N) is 1. The topological polar surface area (TPSA) is 78.9 Å². The zero-order valence-electron chi connectivity index (χ0n) is 15.1. The van der Waals surface area contributed by atoms with Crippen LogP contribution < -0.4 is 5.32 Å². The number of piperidine rings is 1. The van der Waals surface area contributed by atoms with Crippen molar-refractivity contribution in [3.05, 3.63) is 29.3 Å². The molecule has 0 aliphatic carbocycles. The SMILES string of the molecule is COC(=O)c1ccc(C(F)(F)F)c(NC(C(F)F)C2(F)CCN(C(=O)O)CC2)c1. The van der Waals surface area contributed by atoms with E-state index in [-0.39, 0.29) is 18.7 Å². The van der Waals surface area contributed by atoms with Gasteiger partial charge in [-0.25, -0.2) is 22.8 Å². The molecule has 1 aliphatic rings. The van der Waals surface area contributed by atoms with Gasteiger partial charge in [-0.1, -0.05) is 0 Å². The van der Waals surface area contributed by atoms with Crippen LogP contribution in [0.15, 0.2) is 18.2 Å². The lowest BCUT2D eigenvalue weighted by molar-refractivity contribution is -0.137. The van der Waals surface area contributed by atoms with Crippen LogP contribution in [0.3, 0.4) is 0 Å². The number of likely N-dealkylation sites (tertiary alicyclic amines) is 1. The second kappa shape index (κ2) is 8.37. The summed E-state index contributed by atoms with van der Waals surface area (Å²) in [6.07, 6.45) is -11.0. The summed E-state index contributed by atoms with van der Waals surface area (Å²) in [6.45, 7) is -0.768. The van der Waals surface area contributed by atoms with Crippen molar-refractivity contribution >= 4 is 17.7 Å². The van der Waals surface area contributed by atoms with Gasteiger partial charge in [-0.2, -0.15) is 13.2 Å². The molecule has 0 radical (unpaired) electrons. The van der Waals surface area contributed by atoms with Gasteiger partial charge in [0.1, 0.15) is 11.7 Å². The molecule has 12 heteroatoms. The highest BCUT2D eigenvalue weighted by atomic mass is 19.4. The van der Waals surface area contributed by atoms with E-state index in [1.807, 2.05) is 5.32 Å². The van der Waals surface area contributed by atoms with E-state index in [2.05, 4.69) is 4.74 Å². The largest absolute Gasteiger partial charge is 0.465 e. The van der Waals surface area contributed by atoms with Gasteiger partial charge in [0.2, 0.25) is 0 Å². The van der Waals surface area contributed by atoms with Gasteiger partial charge < -0.3 is 20.1 Å². The van der Waals surface area contributed by atoms with Crippen molar-refractivity contribution in [3.63, 3.8) is 0 Å². The lowest BCUT2D eigenvalue weighted by Gasteiger charge is -2.40. The molecule has 1 saturated heterocycles. The number of hydrogen-bond donors (Lipinski definition) is 2. The Balaban J connectivity index is 2.39. The van der Waals surface area contributed by atoms with Gasteiger partial charge >= 0.3 is 18.2 Å². The van der Waals surface area contributed by atoms with Crippen molar-refractivity contribution in [2.75, 3.05) is 25.5 Å². The second-order valence-corrected chi connectivity index (χ2v) is 6.51. The van der Waals surface area contributed by atoms with Crippen molar-refractivity contribution in [2.24, 2.45) is 0 Å². The van der Waals surface area contributed by atoms with E-state index in [9.17, 15) is 31.5 Å². The average Bonchev–Trinajstić information content (AvgIpc) is 2.64. The van der Waals surface area contributed by atoms with E-state index in [1.54, 1.807) is 0 Å². The van der Waals surface area contributed by atoms with Crippen molar-refractivity contribution in [1.82, 2.24) is 4.90 Å². The number of amides is 1. The molecular weight excluding hydrogens is 410 g/mol. The van der Waals surface area contributed by atoms with Crippen molar-refractivity contribution in [1.29, 1.82) is 0 Å². The lowest BCUT2D eigenvalue weighted by Crippen LogP contribution is -2.55. The van der Waals surface area contributed by atoms with Gasteiger partial charge in [-0.15, -0.1) is 0 Å². The van der Waals surface area contributed by atoms with Gasteiger partial charge in [0.05, 0.1) is 18.2 Å². The van der Waals surface area contributed by atoms with Gasteiger partial charge in [0, 0.05) is 31.6 Å². The zero-order chi connectivity index (χ0) is 22.0. The summed E-state index contributed by atoms with van der Waals surface area (Å²) in [5.74, 6) is -1.000. The van der Waals surface area contributed by atoms with Crippen LogP contribution in [-0.4, -0.2) is 60.4 Å². The molecule has 0 saturated carbocycles. The van der Waals surface area contributed by atoms with E-state index in [0.29, 0.717) is 12.1 Å². The van der Waals surface area contributed by atoms with E-state index in [4.69, 9.17) is 5.11 Å². The van der Waals surface area contributed by atoms with Crippen LogP contribution in [0.1, 0.15) is 28.8 Å². The molecule has 29 heavy (non-hydrogen) atoms. The third-order valence-corrected chi connectivity index (χ3v) is 4.73. The molecule has 1 amide bonds. The first-order valence-corrected chi connectivity index (χ1v) is 8.40. The molecule has 6 nitrogen and oxygen atoms in total. The van der Waals surface area contributed by atoms with Gasteiger partial charge in [-0.05, 0) is 18.2 Å². The number of hydrogen-bond acceptors (Lipinski definition) is 4. The molecule has 1 fully saturated rings. The second-order valence-electron chi connectivity index (χ2n) is 6.51. The fraction of sp³-hybridized carbons (Fsp3) is 0.529. The number of ether oxygens (including phenoxy) is 1. The predicted octanol–water partition coefficient (Wildman–Crippen LogP) is 4.02. The molecule has 0 bridgehead atoms. The Bertz CT molecular complexity index is 763. The molecule has 0 spiro atoms. The molecule has 1 unspecified atom stereocenters. The van der Waals surface area contributed by atoms with Crippen molar-refractivity contribution in [2.45, 2.75) is 37.2 Å². The Labute approximate surface area is 161 Å². The first-order chi connectivity index (χ1) is 13.4. The van der Waals surface area contributed by atoms with Crippen LogP contribution in [0.25, 0.3) is 0 Å². The van der Waals surface area contributed by atoms with Gasteiger partial charge in [0.25, 0.3) is 6.43 Å². The fourth-order valence-corrected chi connectivity index (χ4v) is 3.12. The number of anilines is 1. The Morgan fingerprint density at radius 1 is 1.24 bits per heavy atom. The minimum Gasteiger partial charge on any atom is -0.465 e. The summed E-state index contributed by atoms with van der Waals surface area (Å²) in [7, 11) is 0.988. The molecule has 1 aliphatic heterocycles. The highest BCUT2D eigenvalue weighted by molar-refractivity contribution is 5.90. The summed E-state index contributed by atoms with van der Waals surface area (Å²) in [6, 6.07) is -0.366. The third kappa shape index (κ3) is 5.04. The van der Waals surface area contributed by atoms with Gasteiger partial charge in [-0.3, -0.25) is 0 Å². The molecule has 2 N–H and O–H groups in total. The summed E-state index contributed by atoms with van der Waals surface area (Å²) >= 11 is 0. The van der Waals surface area contributed by atoms with Crippen LogP contribution in [0, 0.1) is 0 Å². The first kappa shape index (κ1) is 22.6. The van der Waals surface area contributed by atoms with Crippen LogP contribution >= 0.6 is 0 Å². The molecule has 1 aromatic carbocycles. The monoisotopic (exact) mass is 428 g/mol. The minimum atomic E-state index is -4.96. The number of rotatable bonds is 5. The maximum atomic E-state index is 15.2. The molecule has 2 rings (SSSR count). The van der Waals surface area contributed by atoms with E-state index < -0.39 is 60.5 Å². The highest BCUT2D eigenvalue weighted by Gasteiger charge is 2.48. The summed E-state index contributed by atoms with van der Waals surface area (Å²) in [4.78, 5) is 23.3. The summed E-state index contributed by atoms with van der Waals surface area (Å²) in [5, 5.41) is 10.8. The number of esters is 1. The molecule has 0 aromatic heterocycles. The molecule has 162 valence electrons. The number of methoxy groups -OCH3 is 1. The number of nitrogens with zero attached hydrogens (tertiary/aromatic N) is 1. The van der Waals surface area contributed by atoms with Gasteiger partial charge in [0.15, 0.2) is 0 Å². The third-order valence-electron chi connectivity index (χ3n) is 4.73. The Morgan fingerprint density at radius 3 is 2.28 bits per heavy atom. The maximum Gasteiger partial charge on any atom is 0.418 e. The van der Waals surface area contributed by atoms with Crippen molar-refractivity contribution < 1.29 is 45.8 Å². The number of carboxylic acid groups (broad SMARTS) is 1. The van der Waals surface area contributed by atoms with Crippen LogP contribution in [0.5, 0.6) is 0 Å². The van der Waals surface area contributed by atoms with Crippen molar-refractivity contribution in [3.8, 4) is 0 Å². The smallest absolute Gasteiger partial charge is 0.418 e. The number of carbonyl (C=O) groups is 2. The van der Waals surface area contributed by atoms with E-state index >= 15 is 4.39 Å². The Kier molecular flexibility index (Phi) is 6.53. The fourth-order valence-electron chi connectivity index (χ4n) is 3.12. The number of halogens is 6. The molecular formula is C17H18F6N2O4. The first-order valence-electron chi connectivity index (χ1n) is 8.40. The van der Waals surface area contributed by atoms with Crippen LogP contribution in [0.2, 0.25) is 0 Å². The molecule has 1 heterocycles. The minimum absolute atomic E-state index is 0.343. The number of benzene rings is 1. The summed E-state index contributed by atoms with van der Waals surface area (Å²) in [5.41, 5.74) is -5.26. The normalized spacial score (nSPS) is 17.7. The predicted molar refractivity (Wildman–Crippen MR) is 88.9 cm³/mol. The number of alkyl halides is 6. The van der Waals surface area contributed by atoms with E-state index in [0.717, 1.165) is 18.1 Å². The number of carbonyl (C=O) groups excluding carboxylic acids is 1. The quantitative estimate of drug-likeness (QED) is 0.547. The Hall–Kier alpha value is -2.66. The van der Waals surface area contributed by atoms with E-state index in [1.165, 1.54) is 0 Å². The summed E-state index contributed by atoms with van der Waals surface area (Å²) < 4.78 is 86.7. The maximum absolute atomic E-state index is 15.2. The zero-order valence-corrected chi connectivity index (χ0v) is 15.1. The average molecular weight is 428 g/mol. The lowest BCUT2D eigenvalue weighted by atomic mass is 9.85.